The molecule has 0 saturated heterocycles. The Morgan fingerprint density at radius 3 is 2.69 bits per heavy atom. The van der Waals surface area contributed by atoms with E-state index in [1.807, 2.05) is 57.2 Å². The highest BCUT2D eigenvalue weighted by atomic mass is 16.5. The molecule has 0 unspecified atom stereocenters. The van der Waals surface area contributed by atoms with Gasteiger partial charge in [-0.25, -0.2) is 4.79 Å². The number of amides is 1. The minimum Gasteiger partial charge on any atom is -0.487 e. The molecule has 1 aromatic heterocycles. The van der Waals surface area contributed by atoms with Crippen LogP contribution in [0.3, 0.4) is 0 Å². The molecular weight excluding hydrogens is 406 g/mol. The first-order chi connectivity index (χ1) is 15.3. The molecule has 2 aromatic carbocycles. The quantitative estimate of drug-likeness (QED) is 0.579. The normalized spacial score (nSPS) is 15.6. The number of benzene rings is 2. The molecule has 3 aromatic rings. The minimum absolute atomic E-state index is 0.101. The van der Waals surface area contributed by atoms with E-state index >= 15 is 0 Å². The average Bonchev–Trinajstić information content (AvgIpc) is 2.75. The summed E-state index contributed by atoms with van der Waals surface area (Å²) < 4.78 is 11.6. The summed E-state index contributed by atoms with van der Waals surface area (Å²) in [5.74, 6) is 0.422. The van der Waals surface area contributed by atoms with Gasteiger partial charge in [0.25, 0.3) is 0 Å². The van der Waals surface area contributed by atoms with Crippen molar-refractivity contribution in [2.75, 3.05) is 6.61 Å². The molecule has 0 radical (unpaired) electrons. The van der Waals surface area contributed by atoms with Gasteiger partial charge >= 0.3 is 5.63 Å². The largest absolute Gasteiger partial charge is 0.487 e. The van der Waals surface area contributed by atoms with Crippen molar-refractivity contribution in [1.82, 2.24) is 5.32 Å². The van der Waals surface area contributed by atoms with E-state index < -0.39 is 11.7 Å². The van der Waals surface area contributed by atoms with Crippen LogP contribution in [0, 0.1) is 6.92 Å². The van der Waals surface area contributed by atoms with Crippen molar-refractivity contribution >= 4 is 16.9 Å². The maximum atomic E-state index is 12.7. The van der Waals surface area contributed by atoms with Crippen molar-refractivity contribution in [3.8, 4) is 5.75 Å². The molecule has 6 nitrogen and oxygen atoms in total. The topological polar surface area (TPSA) is 88.8 Å². The molecule has 0 saturated carbocycles. The van der Waals surface area contributed by atoms with E-state index in [0.29, 0.717) is 17.6 Å². The summed E-state index contributed by atoms with van der Waals surface area (Å²) in [4.78, 5) is 25.4. The molecule has 2 heterocycles. The Morgan fingerprint density at radius 2 is 1.97 bits per heavy atom. The molecule has 1 aliphatic heterocycles. The number of carbonyl (C=O) groups excluding carboxylic acids is 1. The predicted octanol–water partition coefficient (Wildman–Crippen LogP) is 3.47. The highest BCUT2D eigenvalue weighted by molar-refractivity contribution is 5.86. The van der Waals surface area contributed by atoms with E-state index in [-0.39, 0.29) is 24.5 Å². The van der Waals surface area contributed by atoms with E-state index in [9.17, 15) is 14.7 Å². The summed E-state index contributed by atoms with van der Waals surface area (Å²) in [5.41, 5.74) is 2.85. The summed E-state index contributed by atoms with van der Waals surface area (Å²) in [5, 5.41) is 13.3. The number of rotatable bonds is 6. The van der Waals surface area contributed by atoms with Crippen LogP contribution >= 0.6 is 0 Å². The Morgan fingerprint density at radius 1 is 1.22 bits per heavy atom. The number of ether oxygens (including phenoxy) is 1. The number of fused-ring (bicyclic) bond motifs is 2. The van der Waals surface area contributed by atoms with Crippen LogP contribution < -0.4 is 15.7 Å². The van der Waals surface area contributed by atoms with Gasteiger partial charge in [-0.2, -0.15) is 0 Å². The van der Waals surface area contributed by atoms with Gasteiger partial charge in [0.05, 0.1) is 24.6 Å². The standard InChI is InChI=1S/C26H29NO5/c1-16-20-12-18-9-10-26(2,3)32-22(18)14-23(20)31-25(30)21(16)13-24(29)27-19(15-28)11-17-7-5-4-6-8-17/h4-8,12,14,19,28H,9-11,13,15H2,1-3H3,(H,27,29)/t19-/m0/s1. The van der Waals surface area contributed by atoms with Crippen molar-refractivity contribution in [3.63, 3.8) is 0 Å². The third-order valence-electron chi connectivity index (χ3n) is 6.10. The third-order valence-corrected chi connectivity index (χ3v) is 6.10. The first-order valence-corrected chi connectivity index (χ1v) is 11.0. The van der Waals surface area contributed by atoms with Gasteiger partial charge in [0.1, 0.15) is 16.9 Å². The summed E-state index contributed by atoms with van der Waals surface area (Å²) in [6.07, 6.45) is 2.19. The molecule has 1 amide bonds. The van der Waals surface area contributed by atoms with Gasteiger partial charge in [-0.05, 0) is 62.8 Å². The molecule has 4 rings (SSSR count). The lowest BCUT2D eigenvalue weighted by Gasteiger charge is -2.32. The van der Waals surface area contributed by atoms with Crippen LogP contribution in [-0.4, -0.2) is 29.3 Å². The zero-order chi connectivity index (χ0) is 22.9. The van der Waals surface area contributed by atoms with Crippen LogP contribution in [0.4, 0.5) is 0 Å². The van der Waals surface area contributed by atoms with Gasteiger partial charge in [-0.15, -0.1) is 0 Å². The molecule has 1 aliphatic rings. The van der Waals surface area contributed by atoms with Crippen LogP contribution in [-0.2, 0) is 24.1 Å². The smallest absolute Gasteiger partial charge is 0.340 e. The number of aryl methyl sites for hydroxylation is 2. The van der Waals surface area contributed by atoms with Gasteiger partial charge in [0.15, 0.2) is 0 Å². The SMILES string of the molecule is Cc1c(CC(=O)N[C@H](CO)Cc2ccccc2)c(=O)oc2cc3c(cc12)CCC(C)(C)O3. The number of aliphatic hydroxyl groups is 1. The zero-order valence-corrected chi connectivity index (χ0v) is 18.7. The zero-order valence-electron chi connectivity index (χ0n) is 18.7. The van der Waals surface area contributed by atoms with Gasteiger partial charge in [-0.1, -0.05) is 30.3 Å². The molecule has 0 bridgehead atoms. The highest BCUT2D eigenvalue weighted by Crippen LogP contribution is 2.36. The van der Waals surface area contributed by atoms with E-state index in [4.69, 9.17) is 9.15 Å². The molecule has 1 atom stereocenters. The lowest BCUT2D eigenvalue weighted by Crippen LogP contribution is -2.40. The minimum atomic E-state index is -0.524. The maximum Gasteiger partial charge on any atom is 0.340 e. The number of aliphatic hydroxyl groups excluding tert-OH is 1. The predicted molar refractivity (Wildman–Crippen MR) is 123 cm³/mol. The fraction of sp³-hybridized carbons (Fsp3) is 0.385. The van der Waals surface area contributed by atoms with Crippen molar-refractivity contribution in [1.29, 1.82) is 0 Å². The first-order valence-electron chi connectivity index (χ1n) is 11.0. The van der Waals surface area contributed by atoms with Gasteiger partial charge < -0.3 is 19.6 Å². The van der Waals surface area contributed by atoms with Crippen LogP contribution in [0.5, 0.6) is 5.75 Å². The Bertz CT molecular complexity index is 1200. The van der Waals surface area contributed by atoms with Crippen molar-refractivity contribution in [2.45, 2.75) is 58.1 Å². The fourth-order valence-corrected chi connectivity index (χ4v) is 4.24. The molecule has 32 heavy (non-hydrogen) atoms. The van der Waals surface area contributed by atoms with E-state index in [2.05, 4.69) is 5.32 Å². The monoisotopic (exact) mass is 435 g/mol. The van der Waals surface area contributed by atoms with E-state index in [1.54, 1.807) is 6.07 Å². The van der Waals surface area contributed by atoms with Crippen molar-refractivity contribution in [2.24, 2.45) is 0 Å². The van der Waals surface area contributed by atoms with Gasteiger partial charge in [-0.3, -0.25) is 4.79 Å². The van der Waals surface area contributed by atoms with Crippen LogP contribution in [0.15, 0.2) is 51.7 Å². The van der Waals surface area contributed by atoms with Crippen LogP contribution in [0.2, 0.25) is 0 Å². The second kappa shape index (κ2) is 8.79. The molecule has 0 fully saturated rings. The fourth-order valence-electron chi connectivity index (χ4n) is 4.24. The molecule has 6 heteroatoms. The maximum absolute atomic E-state index is 12.7. The second-order valence-corrected chi connectivity index (χ2v) is 9.12. The Kier molecular flexibility index (Phi) is 6.07. The summed E-state index contributed by atoms with van der Waals surface area (Å²) >= 11 is 0. The second-order valence-electron chi connectivity index (χ2n) is 9.12. The van der Waals surface area contributed by atoms with Crippen LogP contribution in [0.25, 0.3) is 11.0 Å². The van der Waals surface area contributed by atoms with Crippen molar-refractivity contribution < 1.29 is 19.1 Å². The molecule has 168 valence electrons. The van der Waals surface area contributed by atoms with Gasteiger partial charge in [0, 0.05) is 11.5 Å². The lowest BCUT2D eigenvalue weighted by molar-refractivity contribution is -0.121. The Labute approximate surface area is 187 Å². The third kappa shape index (κ3) is 4.70. The molecule has 0 spiro atoms. The summed E-state index contributed by atoms with van der Waals surface area (Å²) in [6, 6.07) is 13.0. The van der Waals surface area contributed by atoms with E-state index in [0.717, 1.165) is 40.7 Å². The van der Waals surface area contributed by atoms with Crippen molar-refractivity contribution in [3.05, 3.63) is 75.1 Å². The number of carbonyl (C=O) groups is 1. The number of nitrogens with one attached hydrogen (secondary N) is 1. The summed E-state index contributed by atoms with van der Waals surface area (Å²) in [7, 11) is 0. The molecule has 0 aliphatic carbocycles. The average molecular weight is 436 g/mol. The molecular formula is C26H29NO5. The molecule has 2 N–H and O–H groups in total. The number of hydrogen-bond donors (Lipinski definition) is 2. The highest BCUT2D eigenvalue weighted by Gasteiger charge is 2.28. The first kappa shape index (κ1) is 22.1. The van der Waals surface area contributed by atoms with Gasteiger partial charge in [0.2, 0.25) is 5.91 Å². The summed E-state index contributed by atoms with van der Waals surface area (Å²) in [6.45, 7) is 5.74. The van der Waals surface area contributed by atoms with Crippen LogP contribution in [0.1, 0.15) is 42.5 Å². The van der Waals surface area contributed by atoms with E-state index in [1.165, 1.54) is 0 Å². The number of hydrogen-bond acceptors (Lipinski definition) is 5. The Balaban J connectivity index is 1.56. The Hall–Kier alpha value is -3.12. The lowest BCUT2D eigenvalue weighted by atomic mass is 9.92.